The maximum absolute atomic E-state index is 12.7. The fourth-order valence-electron chi connectivity index (χ4n) is 2.78. The molecule has 0 radical (unpaired) electrons. The normalized spacial score (nSPS) is 16.1. The minimum Gasteiger partial charge on any atom is -0.399 e. The number of carbonyl (C=O) groups is 1. The monoisotopic (exact) mass is 318 g/mol. The van der Waals surface area contributed by atoms with Gasteiger partial charge in [-0.2, -0.15) is 0 Å². The van der Waals surface area contributed by atoms with Gasteiger partial charge in [-0.05, 0) is 37.1 Å². The molecular weight excluding hydrogens is 292 g/mol. The lowest BCUT2D eigenvalue weighted by molar-refractivity contribution is 0.0303. The number of allylic oxidation sites excluding steroid dienone is 1. The molecule has 0 atom stereocenters. The summed E-state index contributed by atoms with van der Waals surface area (Å²) in [5, 5.41) is 1.58. The average molecular weight is 318 g/mol. The molecule has 1 heterocycles. The highest BCUT2D eigenvalue weighted by molar-refractivity contribution is 5.96. The van der Waals surface area contributed by atoms with Crippen LogP contribution in [0.25, 0.3) is 5.70 Å². The van der Waals surface area contributed by atoms with Crippen molar-refractivity contribution in [1.82, 2.24) is 9.91 Å². The highest BCUT2D eigenvalue weighted by atomic mass is 16.5. The van der Waals surface area contributed by atoms with Crippen LogP contribution in [0.4, 0.5) is 5.69 Å². The number of carbonyl (C=O) groups excluding carboxylic acids is 1. The molecule has 6 nitrogen and oxygen atoms in total. The standard InChI is InChI=1S/C17H26N4O2/c1-4-12(2)16(20(3)19)13-9-14(11-15(18)10-13)17(22)21-5-7-23-8-6-21/h9-11H,4-8,18-19H2,1-3H3/b16-12+. The van der Waals surface area contributed by atoms with Crippen LogP contribution in [0.1, 0.15) is 36.2 Å². The smallest absolute Gasteiger partial charge is 0.254 e. The molecule has 1 aliphatic rings. The summed E-state index contributed by atoms with van der Waals surface area (Å²) < 4.78 is 5.30. The summed E-state index contributed by atoms with van der Waals surface area (Å²) in [6.07, 6.45) is 0.873. The molecule has 6 heteroatoms. The number of benzene rings is 1. The highest BCUT2D eigenvalue weighted by Gasteiger charge is 2.20. The Labute approximate surface area is 137 Å². The quantitative estimate of drug-likeness (QED) is 0.501. The third kappa shape index (κ3) is 4.03. The summed E-state index contributed by atoms with van der Waals surface area (Å²) in [5.41, 5.74) is 10.1. The van der Waals surface area contributed by atoms with Crippen molar-refractivity contribution < 1.29 is 9.53 Å². The van der Waals surface area contributed by atoms with Crippen LogP contribution in [-0.2, 0) is 4.74 Å². The molecule has 1 aromatic rings. The van der Waals surface area contributed by atoms with E-state index in [1.165, 1.54) is 0 Å². The Balaban J connectivity index is 2.40. The minimum atomic E-state index is -0.0185. The zero-order valence-electron chi connectivity index (χ0n) is 14.1. The molecule has 2 rings (SSSR count). The van der Waals surface area contributed by atoms with E-state index in [0.29, 0.717) is 37.6 Å². The van der Waals surface area contributed by atoms with E-state index in [-0.39, 0.29) is 5.91 Å². The van der Waals surface area contributed by atoms with E-state index in [0.717, 1.165) is 23.3 Å². The zero-order chi connectivity index (χ0) is 17.0. The molecule has 126 valence electrons. The molecule has 1 fully saturated rings. The number of morpholine rings is 1. The highest BCUT2D eigenvalue weighted by Crippen LogP contribution is 2.25. The second-order valence-corrected chi connectivity index (χ2v) is 5.84. The first-order valence-corrected chi connectivity index (χ1v) is 7.90. The van der Waals surface area contributed by atoms with Crippen molar-refractivity contribution in [3.63, 3.8) is 0 Å². The average Bonchev–Trinajstić information content (AvgIpc) is 2.54. The van der Waals surface area contributed by atoms with Crippen molar-refractivity contribution in [2.45, 2.75) is 20.3 Å². The van der Waals surface area contributed by atoms with Gasteiger partial charge in [0.2, 0.25) is 0 Å². The van der Waals surface area contributed by atoms with Crippen LogP contribution in [0.15, 0.2) is 23.8 Å². The number of nitrogens with zero attached hydrogens (tertiary/aromatic N) is 2. The molecule has 23 heavy (non-hydrogen) atoms. The molecule has 0 unspecified atom stereocenters. The number of hydrogen-bond donors (Lipinski definition) is 2. The van der Waals surface area contributed by atoms with Crippen molar-refractivity contribution in [3.8, 4) is 0 Å². The van der Waals surface area contributed by atoms with Crippen LogP contribution in [0.5, 0.6) is 0 Å². The number of hydrazine groups is 1. The lowest BCUT2D eigenvalue weighted by atomic mass is 10.0. The van der Waals surface area contributed by atoms with Gasteiger partial charge in [-0.3, -0.25) is 4.79 Å². The summed E-state index contributed by atoms with van der Waals surface area (Å²) in [6, 6.07) is 5.44. The maximum atomic E-state index is 12.7. The summed E-state index contributed by atoms with van der Waals surface area (Å²) >= 11 is 0. The van der Waals surface area contributed by atoms with Crippen LogP contribution < -0.4 is 11.6 Å². The van der Waals surface area contributed by atoms with Gasteiger partial charge in [-0.25, -0.2) is 5.84 Å². The van der Waals surface area contributed by atoms with E-state index in [9.17, 15) is 4.79 Å². The van der Waals surface area contributed by atoms with Crippen molar-refractivity contribution in [1.29, 1.82) is 0 Å². The van der Waals surface area contributed by atoms with Crippen LogP contribution in [0, 0.1) is 0 Å². The lowest BCUT2D eigenvalue weighted by Gasteiger charge is -2.27. The third-order valence-corrected chi connectivity index (χ3v) is 4.06. The Kier molecular flexibility index (Phi) is 5.63. The molecule has 1 saturated heterocycles. The SMILES string of the molecule is CC/C(C)=C(\c1cc(N)cc(C(=O)N2CCOCC2)c1)N(C)N. The number of hydrogen-bond acceptors (Lipinski definition) is 5. The van der Waals surface area contributed by atoms with Crippen LogP contribution in [-0.4, -0.2) is 49.2 Å². The van der Waals surface area contributed by atoms with Gasteiger partial charge in [0.15, 0.2) is 0 Å². The zero-order valence-corrected chi connectivity index (χ0v) is 14.1. The fraction of sp³-hybridized carbons (Fsp3) is 0.471. The first kappa shape index (κ1) is 17.3. The number of nitrogens with two attached hydrogens (primary N) is 2. The first-order valence-electron chi connectivity index (χ1n) is 7.90. The Morgan fingerprint density at radius 1 is 1.26 bits per heavy atom. The number of rotatable bonds is 4. The second kappa shape index (κ2) is 7.48. The molecule has 0 bridgehead atoms. The molecule has 0 saturated carbocycles. The molecule has 1 aromatic carbocycles. The van der Waals surface area contributed by atoms with Gasteiger partial charge < -0.3 is 20.4 Å². The fourth-order valence-corrected chi connectivity index (χ4v) is 2.78. The Bertz CT molecular complexity index is 605. The maximum Gasteiger partial charge on any atom is 0.254 e. The number of nitrogen functional groups attached to an aromatic ring is 1. The summed E-state index contributed by atoms with van der Waals surface area (Å²) in [7, 11) is 1.79. The van der Waals surface area contributed by atoms with E-state index >= 15 is 0 Å². The van der Waals surface area contributed by atoms with E-state index in [2.05, 4.69) is 6.92 Å². The molecule has 0 spiro atoms. The van der Waals surface area contributed by atoms with Gasteiger partial charge in [0.05, 0.1) is 18.9 Å². The van der Waals surface area contributed by atoms with Crippen molar-refractivity contribution in [2.24, 2.45) is 5.84 Å². The molecule has 0 aliphatic carbocycles. The van der Waals surface area contributed by atoms with Gasteiger partial charge in [0.1, 0.15) is 0 Å². The van der Waals surface area contributed by atoms with Gasteiger partial charge in [0, 0.05) is 37.0 Å². The predicted molar refractivity (Wildman–Crippen MR) is 92.4 cm³/mol. The summed E-state index contributed by atoms with van der Waals surface area (Å²) in [5.74, 6) is 5.97. The van der Waals surface area contributed by atoms with Crippen molar-refractivity contribution >= 4 is 17.3 Å². The van der Waals surface area contributed by atoms with Crippen molar-refractivity contribution in [2.75, 3.05) is 39.1 Å². The summed E-state index contributed by atoms with van der Waals surface area (Å²) in [6.45, 7) is 6.47. The molecular formula is C17H26N4O2. The molecule has 0 aromatic heterocycles. The van der Waals surface area contributed by atoms with Crippen LogP contribution >= 0.6 is 0 Å². The number of ether oxygens (including phenoxy) is 1. The van der Waals surface area contributed by atoms with E-state index in [1.807, 2.05) is 19.1 Å². The van der Waals surface area contributed by atoms with Crippen LogP contribution in [0.2, 0.25) is 0 Å². The number of anilines is 1. The predicted octanol–water partition coefficient (Wildman–Crippen LogP) is 1.69. The van der Waals surface area contributed by atoms with Crippen molar-refractivity contribution in [3.05, 3.63) is 34.9 Å². The van der Waals surface area contributed by atoms with Gasteiger partial charge in [0.25, 0.3) is 5.91 Å². The van der Waals surface area contributed by atoms with Gasteiger partial charge >= 0.3 is 0 Å². The van der Waals surface area contributed by atoms with Gasteiger partial charge in [-0.15, -0.1) is 0 Å². The van der Waals surface area contributed by atoms with E-state index in [1.54, 1.807) is 23.0 Å². The van der Waals surface area contributed by atoms with E-state index in [4.69, 9.17) is 16.3 Å². The third-order valence-electron chi connectivity index (χ3n) is 4.06. The molecule has 1 aliphatic heterocycles. The number of amides is 1. The molecule has 1 amide bonds. The van der Waals surface area contributed by atoms with E-state index < -0.39 is 0 Å². The Hall–Kier alpha value is -2.05. The first-order chi connectivity index (χ1) is 10.9. The lowest BCUT2D eigenvalue weighted by Crippen LogP contribution is -2.40. The summed E-state index contributed by atoms with van der Waals surface area (Å²) in [4.78, 5) is 14.5. The molecule has 4 N–H and O–H groups in total. The minimum absolute atomic E-state index is 0.0185. The van der Waals surface area contributed by atoms with Gasteiger partial charge in [-0.1, -0.05) is 6.92 Å². The van der Waals surface area contributed by atoms with Crippen LogP contribution in [0.3, 0.4) is 0 Å². The Morgan fingerprint density at radius 2 is 1.87 bits per heavy atom. The largest absolute Gasteiger partial charge is 0.399 e. The topological polar surface area (TPSA) is 84.8 Å². The Morgan fingerprint density at radius 3 is 2.43 bits per heavy atom. The second-order valence-electron chi connectivity index (χ2n) is 5.84.